The van der Waals surface area contributed by atoms with Crippen molar-refractivity contribution >= 4 is 98.1 Å². The van der Waals surface area contributed by atoms with E-state index in [1.807, 2.05) is 0 Å². The summed E-state index contributed by atoms with van der Waals surface area (Å²) in [5, 5.41) is 10.7. The van der Waals surface area contributed by atoms with Crippen molar-refractivity contribution in [1.82, 2.24) is 28.2 Å². The van der Waals surface area contributed by atoms with E-state index < -0.39 is 0 Å². The fraction of sp³-hybridized carbons (Fsp3) is 0. The Kier molecular flexibility index (Phi) is 10.6. The van der Waals surface area contributed by atoms with Crippen LogP contribution in [0.1, 0.15) is 0 Å². The molecule has 0 unspecified atom stereocenters. The standard InChI is InChI=1S/C80H50N6/c1-5-19-57(20-6-1)83-71-31-17-14-27-61(71)66-45-51(35-41-73(66)83)53-37-43-75-68(47-53)63-39-33-55(49-77(63)85(75)59-23-9-3-10-24-59)79-65-29-13-16-30-70(65)81-80(82-79)56-34-40-64-69-48-54(38-44-76(69)86(78(64)50-56)60-25-11-4-12-26-60)52-36-42-74-67(46-52)62-28-15-18-32-72(62)84(74)58-21-7-2-8-22-58/h1-50H. The summed E-state index contributed by atoms with van der Waals surface area (Å²) in [5.41, 5.74) is 22.2. The molecule has 0 atom stereocenters. The number of hydrogen-bond acceptors (Lipinski definition) is 2. The van der Waals surface area contributed by atoms with Crippen LogP contribution in [0.4, 0.5) is 0 Å². The van der Waals surface area contributed by atoms with Crippen LogP contribution in [-0.4, -0.2) is 28.2 Å². The zero-order valence-electron chi connectivity index (χ0n) is 46.6. The van der Waals surface area contributed by atoms with Crippen LogP contribution in [0.3, 0.4) is 0 Å². The first-order valence-corrected chi connectivity index (χ1v) is 29.4. The second kappa shape index (κ2) is 19.0. The first-order chi connectivity index (χ1) is 42.6. The topological polar surface area (TPSA) is 45.5 Å². The van der Waals surface area contributed by atoms with E-state index in [1.165, 1.54) is 82.0 Å². The summed E-state index contributed by atoms with van der Waals surface area (Å²) in [7, 11) is 0. The van der Waals surface area contributed by atoms with Gasteiger partial charge in [0.15, 0.2) is 5.82 Å². The Morgan fingerprint density at radius 1 is 0.186 bits per heavy atom. The van der Waals surface area contributed by atoms with Gasteiger partial charge in [0, 0.05) is 82.4 Å². The van der Waals surface area contributed by atoms with Crippen LogP contribution in [0.25, 0.3) is 166 Å². The lowest BCUT2D eigenvalue weighted by Crippen LogP contribution is -1.97. The van der Waals surface area contributed by atoms with Crippen molar-refractivity contribution in [2.24, 2.45) is 0 Å². The molecule has 18 aromatic rings. The van der Waals surface area contributed by atoms with Crippen molar-refractivity contribution < 1.29 is 0 Å². The highest BCUT2D eigenvalue weighted by Crippen LogP contribution is 2.43. The number of para-hydroxylation sites is 7. The van der Waals surface area contributed by atoms with Gasteiger partial charge >= 0.3 is 0 Å². The van der Waals surface area contributed by atoms with Crippen molar-refractivity contribution in [1.29, 1.82) is 0 Å². The van der Waals surface area contributed by atoms with Crippen LogP contribution in [0.2, 0.25) is 0 Å². The van der Waals surface area contributed by atoms with E-state index >= 15 is 0 Å². The van der Waals surface area contributed by atoms with Gasteiger partial charge in [-0.2, -0.15) is 0 Å². The second-order valence-electron chi connectivity index (χ2n) is 22.5. The number of aromatic nitrogens is 6. The quantitative estimate of drug-likeness (QED) is 0.152. The Labute approximate surface area is 494 Å². The number of rotatable bonds is 8. The Bertz CT molecular complexity index is 5750. The van der Waals surface area contributed by atoms with E-state index in [1.54, 1.807) is 0 Å². The van der Waals surface area contributed by atoms with E-state index in [4.69, 9.17) is 9.97 Å². The van der Waals surface area contributed by atoms with Crippen molar-refractivity contribution in [3.05, 3.63) is 303 Å². The maximum absolute atomic E-state index is 5.58. The summed E-state index contributed by atoms with van der Waals surface area (Å²) in [6.07, 6.45) is 0. The number of fused-ring (bicyclic) bond motifs is 13. The van der Waals surface area contributed by atoms with Crippen LogP contribution < -0.4 is 0 Å². The van der Waals surface area contributed by atoms with E-state index in [2.05, 4.69) is 322 Å². The van der Waals surface area contributed by atoms with Gasteiger partial charge in [-0.3, -0.25) is 0 Å². The highest BCUT2D eigenvalue weighted by atomic mass is 15.0. The summed E-state index contributed by atoms with van der Waals surface area (Å²) >= 11 is 0. The van der Waals surface area contributed by atoms with Crippen molar-refractivity contribution in [3.63, 3.8) is 0 Å². The Morgan fingerprint density at radius 2 is 0.488 bits per heavy atom. The number of hydrogen-bond donors (Lipinski definition) is 0. The summed E-state index contributed by atoms with van der Waals surface area (Å²) < 4.78 is 9.55. The van der Waals surface area contributed by atoms with Gasteiger partial charge in [-0.15, -0.1) is 0 Å². The maximum Gasteiger partial charge on any atom is 0.160 e. The minimum atomic E-state index is 0.673. The van der Waals surface area contributed by atoms with E-state index in [0.717, 1.165) is 77.9 Å². The molecule has 86 heavy (non-hydrogen) atoms. The van der Waals surface area contributed by atoms with Gasteiger partial charge in [-0.25, -0.2) is 9.97 Å². The second-order valence-corrected chi connectivity index (χ2v) is 22.5. The van der Waals surface area contributed by atoms with Gasteiger partial charge in [0.1, 0.15) is 0 Å². The lowest BCUT2D eigenvalue weighted by Gasteiger charge is -2.12. The van der Waals surface area contributed by atoms with Crippen LogP contribution >= 0.6 is 0 Å². The molecule has 0 radical (unpaired) electrons. The third-order valence-corrected chi connectivity index (χ3v) is 17.7. The number of benzene rings is 13. The average molecular weight is 1100 g/mol. The minimum absolute atomic E-state index is 0.673. The fourth-order valence-corrected chi connectivity index (χ4v) is 13.8. The highest BCUT2D eigenvalue weighted by molar-refractivity contribution is 6.16. The number of nitrogens with zero attached hydrogens (tertiary/aromatic N) is 6. The van der Waals surface area contributed by atoms with Crippen LogP contribution in [-0.2, 0) is 0 Å². The van der Waals surface area contributed by atoms with Gasteiger partial charge < -0.3 is 18.3 Å². The van der Waals surface area contributed by atoms with Crippen molar-refractivity contribution in [2.45, 2.75) is 0 Å². The molecular formula is C80H50N6. The van der Waals surface area contributed by atoms with E-state index in [9.17, 15) is 0 Å². The predicted molar refractivity (Wildman–Crippen MR) is 359 cm³/mol. The van der Waals surface area contributed by atoms with Crippen molar-refractivity contribution in [3.8, 4) is 67.6 Å². The largest absolute Gasteiger partial charge is 0.309 e. The fourth-order valence-electron chi connectivity index (χ4n) is 13.8. The lowest BCUT2D eigenvalue weighted by atomic mass is 9.99. The Balaban J connectivity index is 0.772. The third kappa shape index (κ3) is 7.40. The molecule has 0 N–H and O–H groups in total. The summed E-state index contributed by atoms with van der Waals surface area (Å²) in [4.78, 5) is 10.9. The van der Waals surface area contributed by atoms with Gasteiger partial charge in [0.2, 0.25) is 0 Å². The summed E-state index contributed by atoms with van der Waals surface area (Å²) in [6, 6.07) is 110. The molecule has 6 nitrogen and oxygen atoms in total. The molecule has 5 heterocycles. The molecule has 0 aliphatic heterocycles. The van der Waals surface area contributed by atoms with Crippen LogP contribution in [0.15, 0.2) is 303 Å². The van der Waals surface area contributed by atoms with E-state index in [-0.39, 0.29) is 0 Å². The molecule has 13 aromatic carbocycles. The molecule has 0 amide bonds. The molecular weight excluding hydrogens is 1040 g/mol. The smallest absolute Gasteiger partial charge is 0.160 e. The average Bonchev–Trinajstić information content (AvgIpc) is 2.40. The van der Waals surface area contributed by atoms with Gasteiger partial charge in [0.05, 0.1) is 55.3 Å². The zero-order valence-corrected chi connectivity index (χ0v) is 46.6. The predicted octanol–water partition coefficient (Wildman–Crippen LogP) is 20.7. The minimum Gasteiger partial charge on any atom is -0.309 e. The molecule has 0 spiro atoms. The first-order valence-electron chi connectivity index (χ1n) is 29.4. The molecule has 0 aliphatic rings. The lowest BCUT2D eigenvalue weighted by molar-refractivity contribution is 1.17. The molecule has 0 saturated heterocycles. The zero-order chi connectivity index (χ0) is 56.4. The monoisotopic (exact) mass is 1090 g/mol. The third-order valence-electron chi connectivity index (χ3n) is 17.7. The molecule has 18 rings (SSSR count). The highest BCUT2D eigenvalue weighted by Gasteiger charge is 2.22. The maximum atomic E-state index is 5.58. The summed E-state index contributed by atoms with van der Waals surface area (Å²) in [6.45, 7) is 0. The molecule has 0 saturated carbocycles. The normalized spacial score (nSPS) is 12.0. The first kappa shape index (κ1) is 48.0. The van der Waals surface area contributed by atoms with Crippen LogP contribution in [0.5, 0.6) is 0 Å². The Morgan fingerprint density at radius 3 is 0.907 bits per heavy atom. The van der Waals surface area contributed by atoms with Gasteiger partial charge in [-0.05, 0) is 150 Å². The Hall–Kier alpha value is -11.6. The van der Waals surface area contributed by atoms with Gasteiger partial charge in [0.25, 0.3) is 0 Å². The molecule has 6 heteroatoms. The molecule has 5 aromatic heterocycles. The van der Waals surface area contributed by atoms with E-state index in [0.29, 0.717) is 5.82 Å². The van der Waals surface area contributed by atoms with Crippen molar-refractivity contribution in [2.75, 3.05) is 0 Å². The molecule has 0 aliphatic carbocycles. The molecule has 0 fully saturated rings. The van der Waals surface area contributed by atoms with Gasteiger partial charge in [-0.1, -0.05) is 176 Å². The SMILES string of the molecule is c1ccc(-n2c3ccccc3c3cc(-c4ccc5c(c4)c4ccc(-c6nc(-c7ccc8c9cc(-c%10ccc%11c(c%10)c%10ccccc%10n%11-c%10ccccc%10)ccc9n(-c9ccccc9)c8c7)c7ccccc7n6)cc4n5-c4ccccc4)ccc32)cc1. The molecule has 0 bridgehead atoms. The van der Waals surface area contributed by atoms with Crippen LogP contribution in [0, 0.1) is 0 Å². The molecule has 400 valence electrons. The summed E-state index contributed by atoms with van der Waals surface area (Å²) in [5.74, 6) is 0.673.